The molecule has 7 nitrogen and oxygen atoms in total. The van der Waals surface area contributed by atoms with E-state index in [9.17, 15) is 8.42 Å². The number of hydrogen-bond donors (Lipinski definition) is 2. The first-order valence-corrected chi connectivity index (χ1v) is 9.32. The van der Waals surface area contributed by atoms with Crippen LogP contribution in [0, 0.1) is 0 Å². The highest BCUT2D eigenvalue weighted by molar-refractivity contribution is 7.91. The maximum Gasteiger partial charge on any atom is 0.178 e. The molecular formula is C17H17N5O2S. The monoisotopic (exact) mass is 355 g/mol. The molecule has 3 rings (SSSR count). The van der Waals surface area contributed by atoms with Gasteiger partial charge < -0.3 is 10.6 Å². The summed E-state index contributed by atoms with van der Waals surface area (Å²) in [5.74, 6) is 1.85. The van der Waals surface area contributed by atoms with Gasteiger partial charge in [0.05, 0.1) is 10.6 Å². The van der Waals surface area contributed by atoms with Gasteiger partial charge in [0, 0.05) is 18.0 Å². The Labute approximate surface area is 146 Å². The van der Waals surface area contributed by atoms with Gasteiger partial charge in [-0.2, -0.15) is 0 Å². The summed E-state index contributed by atoms with van der Waals surface area (Å²) in [5.41, 5.74) is 0.636. The van der Waals surface area contributed by atoms with E-state index in [1.807, 2.05) is 18.2 Å². The van der Waals surface area contributed by atoms with Gasteiger partial charge >= 0.3 is 0 Å². The fourth-order valence-electron chi connectivity index (χ4n) is 2.14. The van der Waals surface area contributed by atoms with E-state index in [2.05, 4.69) is 25.6 Å². The van der Waals surface area contributed by atoms with Gasteiger partial charge in [-0.05, 0) is 30.3 Å². The molecule has 2 aromatic heterocycles. The molecule has 8 heteroatoms. The number of nitrogens with one attached hydrogen (secondary N) is 2. The minimum absolute atomic E-state index is 0.0576. The maximum absolute atomic E-state index is 12.0. The molecule has 0 aliphatic heterocycles. The molecule has 0 aliphatic carbocycles. The van der Waals surface area contributed by atoms with Crippen LogP contribution in [0.5, 0.6) is 0 Å². The van der Waals surface area contributed by atoms with Gasteiger partial charge in [-0.25, -0.2) is 23.4 Å². The average Bonchev–Trinajstić information content (AvgIpc) is 2.63. The first kappa shape index (κ1) is 16.8. The molecule has 0 aliphatic rings. The predicted molar refractivity (Wildman–Crippen MR) is 97.0 cm³/mol. The Balaban J connectivity index is 1.80. The van der Waals surface area contributed by atoms with E-state index in [0.717, 1.165) is 0 Å². The van der Waals surface area contributed by atoms with Crippen molar-refractivity contribution in [2.24, 2.45) is 0 Å². The molecule has 0 saturated carbocycles. The highest BCUT2D eigenvalue weighted by Crippen LogP contribution is 2.21. The third-order valence-corrected chi connectivity index (χ3v) is 5.17. The normalized spacial score (nSPS) is 11.1. The Kier molecular flexibility index (Phi) is 4.90. The second-order valence-electron chi connectivity index (χ2n) is 5.18. The number of benzene rings is 1. The third-order valence-electron chi connectivity index (χ3n) is 3.43. The highest BCUT2D eigenvalue weighted by atomic mass is 32.2. The van der Waals surface area contributed by atoms with E-state index in [-0.39, 0.29) is 10.6 Å². The summed E-state index contributed by atoms with van der Waals surface area (Å²) in [4.78, 5) is 12.8. The van der Waals surface area contributed by atoms with E-state index < -0.39 is 9.84 Å². The quantitative estimate of drug-likeness (QED) is 0.701. The van der Waals surface area contributed by atoms with Crippen molar-refractivity contribution < 1.29 is 8.42 Å². The van der Waals surface area contributed by atoms with Crippen LogP contribution in [-0.4, -0.2) is 29.1 Å². The molecule has 0 bridgehead atoms. The summed E-state index contributed by atoms with van der Waals surface area (Å²) in [7, 11) is -3.26. The first-order chi connectivity index (χ1) is 12.1. The van der Waals surface area contributed by atoms with Crippen LogP contribution >= 0.6 is 0 Å². The Morgan fingerprint density at radius 1 is 0.880 bits per heavy atom. The number of sulfone groups is 1. The number of pyridine rings is 1. The van der Waals surface area contributed by atoms with Crippen LogP contribution in [0.1, 0.15) is 6.92 Å². The molecule has 0 fully saturated rings. The predicted octanol–water partition coefficient (Wildman–Crippen LogP) is 3.15. The van der Waals surface area contributed by atoms with Gasteiger partial charge in [-0.1, -0.05) is 19.1 Å². The SMILES string of the molecule is CCS(=O)(=O)c1cccc(Nc2cc(Nc3ccccn3)ncn2)c1. The summed E-state index contributed by atoms with van der Waals surface area (Å²) >= 11 is 0. The average molecular weight is 355 g/mol. The molecule has 2 N–H and O–H groups in total. The lowest BCUT2D eigenvalue weighted by atomic mass is 10.3. The van der Waals surface area contributed by atoms with Crippen LogP contribution in [0.25, 0.3) is 0 Å². The number of aromatic nitrogens is 3. The van der Waals surface area contributed by atoms with E-state index in [0.29, 0.717) is 23.1 Å². The van der Waals surface area contributed by atoms with Crippen molar-refractivity contribution in [1.29, 1.82) is 0 Å². The molecule has 1 aromatic carbocycles. The van der Waals surface area contributed by atoms with E-state index in [1.165, 1.54) is 6.33 Å². The minimum Gasteiger partial charge on any atom is -0.340 e. The molecule has 25 heavy (non-hydrogen) atoms. The van der Waals surface area contributed by atoms with Crippen LogP contribution < -0.4 is 10.6 Å². The fraction of sp³-hybridized carbons (Fsp3) is 0.118. The van der Waals surface area contributed by atoms with Crippen molar-refractivity contribution in [3.63, 3.8) is 0 Å². The maximum atomic E-state index is 12.0. The van der Waals surface area contributed by atoms with Crippen molar-refractivity contribution in [1.82, 2.24) is 15.0 Å². The molecule has 3 aromatic rings. The second kappa shape index (κ2) is 7.27. The Bertz CT molecular complexity index is 962. The lowest BCUT2D eigenvalue weighted by Crippen LogP contribution is -2.04. The van der Waals surface area contributed by atoms with Crippen molar-refractivity contribution in [2.45, 2.75) is 11.8 Å². The summed E-state index contributed by atoms with van der Waals surface area (Å²) < 4.78 is 24.0. The lowest BCUT2D eigenvalue weighted by molar-refractivity contribution is 0.597. The van der Waals surface area contributed by atoms with E-state index in [1.54, 1.807) is 43.5 Å². The van der Waals surface area contributed by atoms with Crippen molar-refractivity contribution in [2.75, 3.05) is 16.4 Å². The Hall–Kier alpha value is -3.00. The molecule has 0 atom stereocenters. The zero-order valence-electron chi connectivity index (χ0n) is 13.5. The molecule has 0 radical (unpaired) electrons. The van der Waals surface area contributed by atoms with Gasteiger partial charge in [0.25, 0.3) is 0 Å². The van der Waals surface area contributed by atoms with Crippen molar-refractivity contribution in [3.05, 3.63) is 61.1 Å². The van der Waals surface area contributed by atoms with Crippen molar-refractivity contribution in [3.8, 4) is 0 Å². The molecule has 0 unspecified atom stereocenters. The molecular weight excluding hydrogens is 338 g/mol. The number of hydrogen-bond acceptors (Lipinski definition) is 7. The van der Waals surface area contributed by atoms with Gasteiger partial charge in [0.15, 0.2) is 9.84 Å². The zero-order chi connectivity index (χ0) is 17.7. The summed E-state index contributed by atoms with van der Waals surface area (Å²) in [5, 5.41) is 6.17. The van der Waals surface area contributed by atoms with Gasteiger partial charge in [-0.3, -0.25) is 0 Å². The van der Waals surface area contributed by atoms with Crippen molar-refractivity contribution >= 4 is 33.0 Å². The molecule has 0 saturated heterocycles. The van der Waals surface area contributed by atoms with Crippen LogP contribution in [-0.2, 0) is 9.84 Å². The smallest absolute Gasteiger partial charge is 0.178 e. The largest absolute Gasteiger partial charge is 0.340 e. The van der Waals surface area contributed by atoms with Gasteiger partial charge in [-0.15, -0.1) is 0 Å². The van der Waals surface area contributed by atoms with Crippen LogP contribution in [0.15, 0.2) is 66.0 Å². The second-order valence-corrected chi connectivity index (χ2v) is 7.46. The molecule has 0 amide bonds. The summed E-state index contributed by atoms with van der Waals surface area (Å²) in [6.07, 6.45) is 3.10. The fourth-order valence-corrected chi connectivity index (χ4v) is 3.07. The minimum atomic E-state index is -3.26. The van der Waals surface area contributed by atoms with E-state index in [4.69, 9.17) is 0 Å². The zero-order valence-corrected chi connectivity index (χ0v) is 14.4. The lowest BCUT2D eigenvalue weighted by Gasteiger charge is -2.09. The number of nitrogens with zero attached hydrogens (tertiary/aromatic N) is 3. The number of anilines is 4. The van der Waals surface area contributed by atoms with E-state index >= 15 is 0 Å². The Morgan fingerprint density at radius 3 is 2.40 bits per heavy atom. The third kappa shape index (κ3) is 4.30. The van der Waals surface area contributed by atoms with Gasteiger partial charge in [0.1, 0.15) is 23.8 Å². The topological polar surface area (TPSA) is 96.9 Å². The van der Waals surface area contributed by atoms with Crippen LogP contribution in [0.2, 0.25) is 0 Å². The number of rotatable bonds is 6. The standard InChI is InChI=1S/C17H17N5O2S/c1-2-25(23,24)14-7-5-6-13(10-14)21-16-11-17(20-12-19-16)22-15-8-3-4-9-18-15/h3-12H,2H2,1H3,(H2,18,19,20,21,22). The molecule has 128 valence electrons. The van der Waals surface area contributed by atoms with Crippen LogP contribution in [0.3, 0.4) is 0 Å². The highest BCUT2D eigenvalue weighted by Gasteiger charge is 2.12. The van der Waals surface area contributed by atoms with Crippen LogP contribution in [0.4, 0.5) is 23.1 Å². The van der Waals surface area contributed by atoms with Gasteiger partial charge in [0.2, 0.25) is 0 Å². The molecule has 0 spiro atoms. The Morgan fingerprint density at radius 2 is 1.68 bits per heavy atom. The summed E-state index contributed by atoms with van der Waals surface area (Å²) in [6, 6.07) is 13.9. The summed E-state index contributed by atoms with van der Waals surface area (Å²) in [6.45, 7) is 1.62. The first-order valence-electron chi connectivity index (χ1n) is 7.67. The molecule has 2 heterocycles.